The second-order valence-electron chi connectivity index (χ2n) is 7.23. The minimum Gasteiger partial charge on any atom is -0.311 e. The van der Waals surface area contributed by atoms with Gasteiger partial charge in [-0.15, -0.1) is 0 Å². The molecule has 0 saturated carbocycles. The molecule has 1 aliphatic rings. The number of aryl methyl sites for hydroxylation is 2. The van der Waals surface area contributed by atoms with Crippen LogP contribution >= 0.6 is 0 Å². The molecule has 1 fully saturated rings. The molecule has 146 valence electrons. The van der Waals surface area contributed by atoms with Crippen molar-refractivity contribution >= 4 is 21.7 Å². The summed E-state index contributed by atoms with van der Waals surface area (Å²) in [5, 5.41) is 9.28. The minimum absolute atomic E-state index is 0.102. The topological polar surface area (TPSA) is 95.2 Å². The van der Waals surface area contributed by atoms with Crippen LogP contribution in [0.15, 0.2) is 23.2 Å². The summed E-state index contributed by atoms with van der Waals surface area (Å²) in [7, 11) is -3.58. The molecule has 7 nitrogen and oxygen atoms in total. The van der Waals surface area contributed by atoms with Crippen LogP contribution in [0.3, 0.4) is 0 Å². The zero-order valence-electron chi connectivity index (χ0n) is 16.2. The van der Waals surface area contributed by atoms with Crippen molar-refractivity contribution in [1.29, 1.82) is 0 Å². The zero-order valence-corrected chi connectivity index (χ0v) is 17.0. The Kier molecular flexibility index (Phi) is 5.39. The normalized spacial score (nSPS) is 16.4. The van der Waals surface area contributed by atoms with Crippen LogP contribution in [-0.4, -0.2) is 41.9 Å². The molecule has 8 heteroatoms. The molecule has 0 spiro atoms. The smallest absolute Gasteiger partial charge is 0.243 e. The molecule has 2 N–H and O–H groups in total. The maximum absolute atomic E-state index is 13.3. The number of piperidine rings is 1. The maximum Gasteiger partial charge on any atom is 0.243 e. The minimum atomic E-state index is -3.58. The van der Waals surface area contributed by atoms with E-state index >= 15 is 0 Å². The van der Waals surface area contributed by atoms with Crippen molar-refractivity contribution in [3.63, 3.8) is 0 Å². The summed E-state index contributed by atoms with van der Waals surface area (Å²) in [4.78, 5) is 12.8. The first-order valence-electron chi connectivity index (χ1n) is 9.09. The van der Waals surface area contributed by atoms with E-state index in [4.69, 9.17) is 0 Å². The number of hydrogen-bond donors (Lipinski definition) is 2. The average Bonchev–Trinajstić information content (AvgIpc) is 3.13. The number of nitrogens with one attached hydrogen (secondary N) is 2. The Labute approximate surface area is 160 Å². The van der Waals surface area contributed by atoms with Crippen LogP contribution in [0.1, 0.15) is 35.1 Å². The molecule has 3 rings (SSSR count). The Balaban J connectivity index is 1.75. The van der Waals surface area contributed by atoms with Crippen LogP contribution in [-0.2, 0) is 14.8 Å². The number of anilines is 1. The van der Waals surface area contributed by atoms with Gasteiger partial charge in [-0.3, -0.25) is 9.89 Å². The van der Waals surface area contributed by atoms with Gasteiger partial charge in [0.15, 0.2) is 0 Å². The number of sulfonamides is 1. The number of amides is 1. The fourth-order valence-corrected chi connectivity index (χ4v) is 5.66. The van der Waals surface area contributed by atoms with E-state index in [0.717, 1.165) is 22.3 Å². The van der Waals surface area contributed by atoms with Gasteiger partial charge < -0.3 is 5.32 Å². The largest absolute Gasteiger partial charge is 0.311 e. The van der Waals surface area contributed by atoms with E-state index in [9.17, 15) is 13.2 Å². The van der Waals surface area contributed by atoms with Crippen molar-refractivity contribution in [2.45, 2.75) is 45.4 Å². The Morgan fingerprint density at radius 2 is 1.74 bits per heavy atom. The quantitative estimate of drug-likeness (QED) is 0.839. The van der Waals surface area contributed by atoms with E-state index in [-0.39, 0.29) is 11.8 Å². The molecule has 0 bridgehead atoms. The number of aromatic amines is 1. The standard InChI is InChI=1S/C19H26N4O3S/c1-12-11-13(2)15(4)18(14(12)3)27(25,26)23-9-6-16(7-10-23)19(24)21-17-5-8-20-22-17/h5,8,11,16H,6-7,9-10H2,1-4H3,(H2,20,21,22,24). The molecule has 2 aromatic rings. The van der Waals surface area contributed by atoms with Gasteiger partial charge in [0.25, 0.3) is 0 Å². The third kappa shape index (κ3) is 3.77. The first-order valence-corrected chi connectivity index (χ1v) is 10.5. The number of rotatable bonds is 4. The number of nitrogens with zero attached hydrogens (tertiary/aromatic N) is 2. The molecular formula is C19H26N4O3S. The van der Waals surface area contributed by atoms with Crippen molar-refractivity contribution in [2.24, 2.45) is 5.92 Å². The predicted octanol–water partition coefficient (Wildman–Crippen LogP) is 2.68. The fourth-order valence-electron chi connectivity index (χ4n) is 3.62. The van der Waals surface area contributed by atoms with Gasteiger partial charge in [-0.25, -0.2) is 8.42 Å². The second kappa shape index (κ2) is 7.44. The second-order valence-corrected chi connectivity index (χ2v) is 9.10. The van der Waals surface area contributed by atoms with E-state index in [1.165, 1.54) is 4.31 Å². The average molecular weight is 391 g/mol. The molecule has 0 unspecified atom stereocenters. The van der Waals surface area contributed by atoms with Crippen LogP contribution in [0, 0.1) is 33.6 Å². The first-order chi connectivity index (χ1) is 12.7. The van der Waals surface area contributed by atoms with Crippen molar-refractivity contribution in [3.8, 4) is 0 Å². The molecule has 1 aliphatic heterocycles. The van der Waals surface area contributed by atoms with E-state index in [0.29, 0.717) is 36.6 Å². The summed E-state index contributed by atoms with van der Waals surface area (Å²) < 4.78 is 28.1. The van der Waals surface area contributed by atoms with E-state index in [1.54, 1.807) is 12.3 Å². The lowest BCUT2D eigenvalue weighted by Crippen LogP contribution is -2.42. The number of hydrogen-bond acceptors (Lipinski definition) is 4. The highest BCUT2D eigenvalue weighted by Crippen LogP contribution is 2.31. The monoisotopic (exact) mass is 390 g/mol. The summed E-state index contributed by atoms with van der Waals surface area (Å²) in [6.07, 6.45) is 2.57. The van der Waals surface area contributed by atoms with Crippen LogP contribution in [0.4, 0.5) is 5.82 Å². The summed E-state index contributed by atoms with van der Waals surface area (Å²) in [6, 6.07) is 3.71. The number of H-pyrrole nitrogens is 1. The lowest BCUT2D eigenvalue weighted by molar-refractivity contribution is -0.120. The molecule has 2 heterocycles. The zero-order chi connectivity index (χ0) is 19.8. The van der Waals surface area contributed by atoms with Crippen LogP contribution in [0.25, 0.3) is 0 Å². The van der Waals surface area contributed by atoms with Gasteiger partial charge in [0.05, 0.1) is 11.1 Å². The summed E-state index contributed by atoms with van der Waals surface area (Å²) in [5.41, 5.74) is 3.56. The Hall–Kier alpha value is -2.19. The van der Waals surface area contributed by atoms with Gasteiger partial charge in [0.1, 0.15) is 5.82 Å². The molecule has 0 radical (unpaired) electrons. The van der Waals surface area contributed by atoms with Crippen molar-refractivity contribution in [1.82, 2.24) is 14.5 Å². The van der Waals surface area contributed by atoms with Gasteiger partial charge in [-0.05, 0) is 62.8 Å². The van der Waals surface area contributed by atoms with Gasteiger partial charge >= 0.3 is 0 Å². The van der Waals surface area contributed by atoms with Crippen molar-refractivity contribution in [3.05, 3.63) is 40.6 Å². The Morgan fingerprint density at radius 1 is 1.15 bits per heavy atom. The summed E-state index contributed by atoms with van der Waals surface area (Å²) >= 11 is 0. The molecule has 1 amide bonds. The SMILES string of the molecule is Cc1cc(C)c(C)c(S(=O)(=O)N2CCC(C(=O)Nc3ccn[nH]3)CC2)c1C. The van der Waals surface area contributed by atoms with Gasteiger partial charge in [-0.1, -0.05) is 6.07 Å². The van der Waals surface area contributed by atoms with E-state index < -0.39 is 10.0 Å². The molecule has 1 aromatic carbocycles. The lowest BCUT2D eigenvalue weighted by atomic mass is 9.97. The number of benzene rings is 1. The lowest BCUT2D eigenvalue weighted by Gasteiger charge is -2.31. The van der Waals surface area contributed by atoms with Gasteiger partial charge in [0.2, 0.25) is 15.9 Å². The molecule has 1 saturated heterocycles. The fraction of sp³-hybridized carbons (Fsp3) is 0.474. The molecular weight excluding hydrogens is 364 g/mol. The first kappa shape index (κ1) is 19.6. The van der Waals surface area contributed by atoms with E-state index in [1.807, 2.05) is 33.8 Å². The Morgan fingerprint density at radius 3 is 2.26 bits per heavy atom. The predicted molar refractivity (Wildman–Crippen MR) is 104 cm³/mol. The molecule has 0 aliphatic carbocycles. The van der Waals surface area contributed by atoms with Crippen LogP contribution in [0.2, 0.25) is 0 Å². The van der Waals surface area contributed by atoms with Crippen molar-refractivity contribution in [2.75, 3.05) is 18.4 Å². The van der Waals surface area contributed by atoms with E-state index in [2.05, 4.69) is 15.5 Å². The highest BCUT2D eigenvalue weighted by atomic mass is 32.2. The molecule has 0 atom stereocenters. The van der Waals surface area contributed by atoms with Gasteiger partial charge in [0, 0.05) is 25.1 Å². The third-order valence-electron chi connectivity index (χ3n) is 5.48. The molecule has 1 aromatic heterocycles. The third-order valence-corrected chi connectivity index (χ3v) is 7.65. The highest BCUT2D eigenvalue weighted by molar-refractivity contribution is 7.89. The molecule has 27 heavy (non-hydrogen) atoms. The van der Waals surface area contributed by atoms with Crippen LogP contribution in [0.5, 0.6) is 0 Å². The number of carbonyl (C=O) groups excluding carboxylic acids is 1. The van der Waals surface area contributed by atoms with Crippen LogP contribution < -0.4 is 5.32 Å². The maximum atomic E-state index is 13.3. The highest BCUT2D eigenvalue weighted by Gasteiger charge is 2.34. The Bertz CT molecular complexity index is 918. The summed E-state index contributed by atoms with van der Waals surface area (Å²) in [6.45, 7) is 8.28. The number of carbonyl (C=O) groups is 1. The van der Waals surface area contributed by atoms with Gasteiger partial charge in [-0.2, -0.15) is 9.40 Å². The van der Waals surface area contributed by atoms with Crippen molar-refractivity contribution < 1.29 is 13.2 Å². The summed E-state index contributed by atoms with van der Waals surface area (Å²) in [5.74, 6) is 0.243. The number of aromatic nitrogens is 2.